The summed E-state index contributed by atoms with van der Waals surface area (Å²) in [6.45, 7) is 5.29. The summed E-state index contributed by atoms with van der Waals surface area (Å²) in [7, 11) is 0. The Labute approximate surface area is 170 Å². The summed E-state index contributed by atoms with van der Waals surface area (Å²) in [5.74, 6) is 1.83. The Morgan fingerprint density at radius 1 is 1.25 bits per heavy atom. The number of aryl methyl sites for hydroxylation is 2. The molecule has 28 heavy (non-hydrogen) atoms. The van der Waals surface area contributed by atoms with Crippen LogP contribution in [0.25, 0.3) is 10.2 Å². The second-order valence-corrected chi connectivity index (χ2v) is 8.55. The molecule has 1 aliphatic heterocycles. The van der Waals surface area contributed by atoms with Crippen molar-refractivity contribution in [2.24, 2.45) is 0 Å². The minimum Gasteiger partial charge on any atom is -0.490 e. The van der Waals surface area contributed by atoms with Crippen molar-refractivity contribution < 1.29 is 14.3 Å². The van der Waals surface area contributed by atoms with Gasteiger partial charge in [0.15, 0.2) is 16.7 Å². The molecule has 0 unspecified atom stereocenters. The summed E-state index contributed by atoms with van der Waals surface area (Å²) >= 11 is 2.85. The van der Waals surface area contributed by atoms with E-state index in [1.54, 1.807) is 23.5 Å². The molecule has 0 fully saturated rings. The molecule has 0 radical (unpaired) electrons. The molecular weight excluding hydrogens is 396 g/mol. The molecule has 1 amide bonds. The van der Waals surface area contributed by atoms with Gasteiger partial charge in [0.25, 0.3) is 0 Å². The SMILES string of the molecule is Cc1sc2nc(SCC(=O)Nc3ccc4c(c3)OCCCO4)nc(N)c2c1C. The highest BCUT2D eigenvalue weighted by molar-refractivity contribution is 7.99. The van der Waals surface area contributed by atoms with E-state index in [2.05, 4.69) is 15.3 Å². The van der Waals surface area contributed by atoms with Crippen LogP contribution >= 0.6 is 23.1 Å². The van der Waals surface area contributed by atoms with Gasteiger partial charge in [0, 0.05) is 23.1 Å². The number of hydrogen-bond acceptors (Lipinski definition) is 8. The molecule has 2 aromatic heterocycles. The number of nitrogens with one attached hydrogen (secondary N) is 1. The maximum Gasteiger partial charge on any atom is 0.234 e. The molecule has 0 atom stereocenters. The molecule has 3 heterocycles. The second kappa shape index (κ2) is 7.84. The number of hydrogen-bond donors (Lipinski definition) is 2. The molecule has 0 saturated heterocycles. The number of ether oxygens (including phenoxy) is 2. The van der Waals surface area contributed by atoms with Gasteiger partial charge in [-0.25, -0.2) is 9.97 Å². The summed E-state index contributed by atoms with van der Waals surface area (Å²) < 4.78 is 11.3. The number of anilines is 2. The second-order valence-electron chi connectivity index (χ2n) is 6.40. The van der Waals surface area contributed by atoms with Crippen molar-refractivity contribution in [3.05, 3.63) is 28.6 Å². The molecule has 0 spiro atoms. The molecule has 0 saturated carbocycles. The van der Waals surface area contributed by atoms with Gasteiger partial charge in [-0.1, -0.05) is 11.8 Å². The number of nitrogens with two attached hydrogens (primary N) is 1. The van der Waals surface area contributed by atoms with Gasteiger partial charge in [-0.05, 0) is 31.5 Å². The van der Waals surface area contributed by atoms with E-state index in [9.17, 15) is 4.79 Å². The Bertz CT molecular complexity index is 1050. The number of benzene rings is 1. The number of thioether (sulfide) groups is 1. The van der Waals surface area contributed by atoms with Crippen molar-refractivity contribution in [2.45, 2.75) is 25.4 Å². The maximum absolute atomic E-state index is 12.3. The van der Waals surface area contributed by atoms with E-state index >= 15 is 0 Å². The quantitative estimate of drug-likeness (QED) is 0.493. The van der Waals surface area contributed by atoms with E-state index in [0.717, 1.165) is 22.2 Å². The van der Waals surface area contributed by atoms with Crippen LogP contribution in [0.2, 0.25) is 0 Å². The van der Waals surface area contributed by atoms with Crippen LogP contribution < -0.4 is 20.5 Å². The normalized spacial score (nSPS) is 13.4. The Morgan fingerprint density at radius 2 is 2.04 bits per heavy atom. The van der Waals surface area contributed by atoms with Crippen molar-refractivity contribution >= 4 is 50.7 Å². The highest BCUT2D eigenvalue weighted by Gasteiger charge is 2.15. The molecule has 3 aromatic rings. The number of aromatic nitrogens is 2. The largest absolute Gasteiger partial charge is 0.490 e. The lowest BCUT2D eigenvalue weighted by Crippen LogP contribution is -2.14. The van der Waals surface area contributed by atoms with Gasteiger partial charge < -0.3 is 20.5 Å². The van der Waals surface area contributed by atoms with Gasteiger partial charge in [0.1, 0.15) is 10.6 Å². The zero-order chi connectivity index (χ0) is 19.7. The summed E-state index contributed by atoms with van der Waals surface area (Å²) in [5.41, 5.74) is 7.87. The summed E-state index contributed by atoms with van der Waals surface area (Å²) in [5, 5.41) is 4.27. The van der Waals surface area contributed by atoms with Crippen molar-refractivity contribution in [3.63, 3.8) is 0 Å². The van der Waals surface area contributed by atoms with Gasteiger partial charge in [-0.2, -0.15) is 0 Å². The van der Waals surface area contributed by atoms with Crippen LogP contribution in [0.5, 0.6) is 11.5 Å². The number of carbonyl (C=O) groups excluding carboxylic acids is 1. The van der Waals surface area contributed by atoms with Gasteiger partial charge >= 0.3 is 0 Å². The topological polar surface area (TPSA) is 99.4 Å². The van der Waals surface area contributed by atoms with E-state index in [-0.39, 0.29) is 11.7 Å². The number of nitrogens with zero attached hydrogens (tertiary/aromatic N) is 2. The first-order chi connectivity index (χ1) is 13.5. The van der Waals surface area contributed by atoms with Gasteiger partial charge in [-0.3, -0.25) is 4.79 Å². The lowest BCUT2D eigenvalue weighted by molar-refractivity contribution is -0.113. The lowest BCUT2D eigenvalue weighted by atomic mass is 10.2. The minimum absolute atomic E-state index is 0.153. The first kappa shape index (κ1) is 18.8. The molecule has 1 aromatic carbocycles. The number of amides is 1. The maximum atomic E-state index is 12.3. The first-order valence-electron chi connectivity index (χ1n) is 8.87. The van der Waals surface area contributed by atoms with Crippen LogP contribution in [0.3, 0.4) is 0 Å². The number of carbonyl (C=O) groups is 1. The fourth-order valence-corrected chi connectivity index (χ4v) is 4.64. The van der Waals surface area contributed by atoms with Crippen LogP contribution in [-0.2, 0) is 4.79 Å². The average molecular weight is 417 g/mol. The fraction of sp³-hybridized carbons (Fsp3) is 0.316. The van der Waals surface area contributed by atoms with E-state index in [1.165, 1.54) is 16.6 Å². The van der Waals surface area contributed by atoms with Crippen LogP contribution in [0.4, 0.5) is 11.5 Å². The predicted octanol–water partition coefficient (Wildman–Crippen LogP) is 3.78. The summed E-state index contributed by atoms with van der Waals surface area (Å²) in [4.78, 5) is 23.2. The summed E-state index contributed by atoms with van der Waals surface area (Å²) in [6, 6.07) is 5.39. The third kappa shape index (κ3) is 3.85. The first-order valence-corrected chi connectivity index (χ1v) is 10.7. The highest BCUT2D eigenvalue weighted by atomic mass is 32.2. The smallest absolute Gasteiger partial charge is 0.234 e. The Balaban J connectivity index is 1.42. The van der Waals surface area contributed by atoms with Crippen LogP contribution in [-0.4, -0.2) is 34.8 Å². The van der Waals surface area contributed by atoms with Crippen molar-refractivity contribution in [1.29, 1.82) is 0 Å². The monoisotopic (exact) mass is 416 g/mol. The Morgan fingerprint density at radius 3 is 2.86 bits per heavy atom. The Kier molecular flexibility index (Phi) is 5.27. The van der Waals surface area contributed by atoms with Crippen LogP contribution in [0.1, 0.15) is 16.9 Å². The highest BCUT2D eigenvalue weighted by Crippen LogP contribution is 2.34. The number of nitrogen functional groups attached to an aromatic ring is 1. The zero-order valence-electron chi connectivity index (χ0n) is 15.6. The van der Waals surface area contributed by atoms with Crippen molar-refractivity contribution in [1.82, 2.24) is 9.97 Å². The van der Waals surface area contributed by atoms with Crippen molar-refractivity contribution in [2.75, 3.05) is 30.0 Å². The molecule has 0 bridgehead atoms. The molecule has 3 N–H and O–H groups in total. The Hall–Kier alpha value is -2.52. The molecule has 146 valence electrons. The average Bonchev–Trinajstić information content (AvgIpc) is 2.83. The standard InChI is InChI=1S/C19H20N4O3S2/c1-10-11(2)28-18-16(10)17(20)22-19(23-18)27-9-15(24)21-12-4-5-13-14(8-12)26-7-3-6-25-13/h4-5,8H,3,6-7,9H2,1-2H3,(H,21,24)(H2,20,22,23). The van der Waals surface area contributed by atoms with Crippen LogP contribution in [0.15, 0.2) is 23.4 Å². The summed E-state index contributed by atoms with van der Waals surface area (Å²) in [6.07, 6.45) is 0.837. The number of rotatable bonds is 4. The van der Waals surface area contributed by atoms with E-state index in [1.807, 2.05) is 19.9 Å². The molecule has 4 rings (SSSR count). The van der Waals surface area contributed by atoms with E-state index < -0.39 is 0 Å². The number of fused-ring (bicyclic) bond motifs is 2. The molecule has 9 heteroatoms. The molecule has 7 nitrogen and oxygen atoms in total. The zero-order valence-corrected chi connectivity index (χ0v) is 17.2. The van der Waals surface area contributed by atoms with Gasteiger partial charge in [0.2, 0.25) is 5.91 Å². The van der Waals surface area contributed by atoms with Gasteiger partial charge in [-0.15, -0.1) is 11.3 Å². The molecule has 0 aliphatic carbocycles. The fourth-order valence-electron chi connectivity index (χ4n) is 2.89. The van der Waals surface area contributed by atoms with Crippen LogP contribution in [0, 0.1) is 13.8 Å². The van der Waals surface area contributed by atoms with Crippen molar-refractivity contribution in [3.8, 4) is 11.5 Å². The molecular formula is C19H20N4O3S2. The lowest BCUT2D eigenvalue weighted by Gasteiger charge is -2.10. The third-order valence-electron chi connectivity index (χ3n) is 4.40. The predicted molar refractivity (Wildman–Crippen MR) is 113 cm³/mol. The number of thiophene rings is 1. The third-order valence-corrected chi connectivity index (χ3v) is 6.35. The van der Waals surface area contributed by atoms with Gasteiger partial charge in [0.05, 0.1) is 24.4 Å². The minimum atomic E-state index is -0.153. The van der Waals surface area contributed by atoms with E-state index in [0.29, 0.717) is 41.4 Å². The van der Waals surface area contributed by atoms with E-state index in [4.69, 9.17) is 15.2 Å². The molecule has 1 aliphatic rings.